The first-order chi connectivity index (χ1) is 6.43. The number of esters is 1. The number of hydrogen-bond donors (Lipinski definition) is 0. The van der Waals surface area contributed by atoms with Crippen LogP contribution in [0.1, 0.15) is 34.1 Å². The van der Waals surface area contributed by atoms with Crippen molar-refractivity contribution in [1.29, 1.82) is 0 Å². The van der Waals surface area contributed by atoms with Gasteiger partial charge in [0.2, 0.25) is 0 Å². The standard InChI is InChI=1S/C12H20O2/c1-7(2)12(13)14-11-9(4)6-8(3)10(11)5/h8-11H,1,6H2,2-5H3. The molecule has 2 nitrogen and oxygen atoms in total. The third-order valence-corrected chi connectivity index (χ3v) is 3.31. The van der Waals surface area contributed by atoms with E-state index in [0.717, 1.165) is 6.42 Å². The van der Waals surface area contributed by atoms with Crippen LogP contribution in [0.5, 0.6) is 0 Å². The Morgan fingerprint density at radius 3 is 2.21 bits per heavy atom. The zero-order valence-corrected chi connectivity index (χ0v) is 9.54. The van der Waals surface area contributed by atoms with Crippen LogP contribution < -0.4 is 0 Å². The van der Waals surface area contributed by atoms with Crippen LogP contribution in [0.3, 0.4) is 0 Å². The van der Waals surface area contributed by atoms with Crippen LogP contribution in [0, 0.1) is 17.8 Å². The molecule has 1 aliphatic rings. The van der Waals surface area contributed by atoms with Gasteiger partial charge in [-0.3, -0.25) is 0 Å². The molecule has 1 rings (SSSR count). The summed E-state index contributed by atoms with van der Waals surface area (Å²) in [4.78, 5) is 11.4. The fraction of sp³-hybridized carbons (Fsp3) is 0.750. The molecule has 0 aromatic rings. The van der Waals surface area contributed by atoms with E-state index in [0.29, 0.717) is 23.3 Å². The highest BCUT2D eigenvalue weighted by atomic mass is 16.5. The summed E-state index contributed by atoms with van der Waals surface area (Å²) in [5.41, 5.74) is 0.490. The zero-order chi connectivity index (χ0) is 10.9. The Morgan fingerprint density at radius 1 is 1.29 bits per heavy atom. The largest absolute Gasteiger partial charge is 0.458 e. The van der Waals surface area contributed by atoms with Crippen LogP contribution in [-0.2, 0) is 9.53 Å². The van der Waals surface area contributed by atoms with Crippen molar-refractivity contribution < 1.29 is 9.53 Å². The molecule has 0 aromatic heterocycles. The van der Waals surface area contributed by atoms with Crippen molar-refractivity contribution in [2.45, 2.75) is 40.2 Å². The molecular formula is C12H20O2. The predicted molar refractivity (Wildman–Crippen MR) is 56.8 cm³/mol. The van der Waals surface area contributed by atoms with E-state index in [1.165, 1.54) is 0 Å². The molecule has 0 amide bonds. The summed E-state index contributed by atoms with van der Waals surface area (Å²) in [5.74, 6) is 1.34. The highest BCUT2D eigenvalue weighted by molar-refractivity contribution is 5.87. The first-order valence-corrected chi connectivity index (χ1v) is 5.30. The minimum Gasteiger partial charge on any atom is -0.458 e. The normalized spacial score (nSPS) is 36.9. The van der Waals surface area contributed by atoms with Gasteiger partial charge in [-0.1, -0.05) is 27.4 Å². The maximum absolute atomic E-state index is 11.4. The van der Waals surface area contributed by atoms with Gasteiger partial charge in [-0.2, -0.15) is 0 Å². The van der Waals surface area contributed by atoms with Gasteiger partial charge in [0, 0.05) is 5.57 Å². The van der Waals surface area contributed by atoms with Gasteiger partial charge >= 0.3 is 5.97 Å². The van der Waals surface area contributed by atoms with Crippen LogP contribution in [0.25, 0.3) is 0 Å². The molecule has 0 bridgehead atoms. The lowest BCUT2D eigenvalue weighted by atomic mass is 9.99. The Hall–Kier alpha value is -0.790. The first-order valence-electron chi connectivity index (χ1n) is 5.30. The smallest absolute Gasteiger partial charge is 0.333 e. The second-order valence-corrected chi connectivity index (χ2v) is 4.70. The average Bonchev–Trinajstić information content (AvgIpc) is 2.32. The highest BCUT2D eigenvalue weighted by Gasteiger charge is 2.38. The minimum atomic E-state index is -0.247. The summed E-state index contributed by atoms with van der Waals surface area (Å²) in [5, 5.41) is 0. The van der Waals surface area contributed by atoms with Crippen molar-refractivity contribution in [3.63, 3.8) is 0 Å². The molecule has 0 aliphatic heterocycles. The molecule has 1 aliphatic carbocycles. The molecule has 1 saturated carbocycles. The van der Waals surface area contributed by atoms with Crippen LogP contribution in [0.2, 0.25) is 0 Å². The topological polar surface area (TPSA) is 26.3 Å². The van der Waals surface area contributed by atoms with Gasteiger partial charge in [0.15, 0.2) is 0 Å². The number of ether oxygens (including phenoxy) is 1. The van der Waals surface area contributed by atoms with Crippen molar-refractivity contribution in [2.75, 3.05) is 0 Å². The van der Waals surface area contributed by atoms with Crippen molar-refractivity contribution in [3.8, 4) is 0 Å². The lowest BCUT2D eigenvalue weighted by molar-refractivity contribution is -0.147. The number of hydrogen-bond acceptors (Lipinski definition) is 2. The van der Waals surface area contributed by atoms with Crippen molar-refractivity contribution in [1.82, 2.24) is 0 Å². The van der Waals surface area contributed by atoms with Crippen molar-refractivity contribution in [2.24, 2.45) is 17.8 Å². The summed E-state index contributed by atoms with van der Waals surface area (Å²) >= 11 is 0. The van der Waals surface area contributed by atoms with Crippen LogP contribution in [-0.4, -0.2) is 12.1 Å². The van der Waals surface area contributed by atoms with Crippen LogP contribution >= 0.6 is 0 Å². The average molecular weight is 196 g/mol. The molecule has 0 aromatic carbocycles. The van der Waals surface area contributed by atoms with Gasteiger partial charge in [-0.25, -0.2) is 4.79 Å². The summed E-state index contributed by atoms with van der Waals surface area (Å²) < 4.78 is 5.43. The lowest BCUT2D eigenvalue weighted by Gasteiger charge is -2.21. The molecule has 0 N–H and O–H groups in total. The quantitative estimate of drug-likeness (QED) is 0.501. The molecule has 4 atom stereocenters. The van der Waals surface area contributed by atoms with Gasteiger partial charge in [0.05, 0.1) is 0 Å². The van der Waals surface area contributed by atoms with E-state index in [4.69, 9.17) is 4.74 Å². The fourth-order valence-electron chi connectivity index (χ4n) is 2.22. The maximum atomic E-state index is 11.4. The van der Waals surface area contributed by atoms with E-state index in [1.54, 1.807) is 6.92 Å². The third kappa shape index (κ3) is 2.17. The van der Waals surface area contributed by atoms with Gasteiger partial charge in [-0.15, -0.1) is 0 Å². The Labute approximate surface area is 86.3 Å². The van der Waals surface area contributed by atoms with E-state index < -0.39 is 0 Å². The van der Waals surface area contributed by atoms with Crippen molar-refractivity contribution in [3.05, 3.63) is 12.2 Å². The lowest BCUT2D eigenvalue weighted by Crippen LogP contribution is -2.26. The monoisotopic (exact) mass is 196 g/mol. The summed E-state index contributed by atoms with van der Waals surface area (Å²) in [6, 6.07) is 0. The van der Waals surface area contributed by atoms with Crippen LogP contribution in [0.4, 0.5) is 0 Å². The molecule has 14 heavy (non-hydrogen) atoms. The number of carbonyl (C=O) groups excluding carboxylic acids is 1. The van der Waals surface area contributed by atoms with E-state index in [1.807, 2.05) is 0 Å². The second kappa shape index (κ2) is 4.16. The molecule has 80 valence electrons. The van der Waals surface area contributed by atoms with E-state index >= 15 is 0 Å². The molecule has 0 spiro atoms. The zero-order valence-electron chi connectivity index (χ0n) is 9.54. The Bertz CT molecular complexity index is 245. The highest BCUT2D eigenvalue weighted by Crippen LogP contribution is 2.38. The van der Waals surface area contributed by atoms with Gasteiger partial charge in [0.1, 0.15) is 6.10 Å². The second-order valence-electron chi connectivity index (χ2n) is 4.70. The van der Waals surface area contributed by atoms with Gasteiger partial charge < -0.3 is 4.74 Å². The summed E-state index contributed by atoms with van der Waals surface area (Å²) in [6.07, 6.45) is 1.23. The molecular weight excluding hydrogens is 176 g/mol. The minimum absolute atomic E-state index is 0.0780. The third-order valence-electron chi connectivity index (χ3n) is 3.31. The van der Waals surface area contributed by atoms with Crippen molar-refractivity contribution >= 4 is 5.97 Å². The fourth-order valence-corrected chi connectivity index (χ4v) is 2.22. The number of carbonyl (C=O) groups is 1. The molecule has 0 saturated heterocycles. The molecule has 0 radical (unpaired) electrons. The maximum Gasteiger partial charge on any atom is 0.333 e. The Morgan fingerprint density at radius 2 is 1.86 bits per heavy atom. The Balaban J connectivity index is 2.60. The predicted octanol–water partition coefficient (Wildman–Crippen LogP) is 2.79. The van der Waals surface area contributed by atoms with E-state index in [2.05, 4.69) is 27.4 Å². The molecule has 1 fully saturated rings. The van der Waals surface area contributed by atoms with Gasteiger partial charge in [-0.05, 0) is 31.1 Å². The Kier molecular flexibility index (Phi) is 3.35. The SMILES string of the molecule is C=C(C)C(=O)OC1C(C)CC(C)C1C. The first kappa shape index (κ1) is 11.3. The van der Waals surface area contributed by atoms with E-state index in [9.17, 15) is 4.79 Å². The molecule has 2 heteroatoms. The summed E-state index contributed by atoms with van der Waals surface area (Å²) in [7, 11) is 0. The van der Waals surface area contributed by atoms with Gasteiger partial charge in [0.25, 0.3) is 0 Å². The number of rotatable bonds is 2. The molecule has 4 unspecified atom stereocenters. The summed E-state index contributed by atoms with van der Waals surface area (Å²) in [6.45, 7) is 11.8. The van der Waals surface area contributed by atoms with E-state index in [-0.39, 0.29) is 12.1 Å². The molecule has 0 heterocycles. The van der Waals surface area contributed by atoms with Crippen LogP contribution in [0.15, 0.2) is 12.2 Å².